The van der Waals surface area contributed by atoms with Crippen LogP contribution in [0.2, 0.25) is 0 Å². The first-order valence-electron chi connectivity index (χ1n) is 11.9. The van der Waals surface area contributed by atoms with Crippen molar-refractivity contribution in [3.05, 3.63) is 107 Å². The Morgan fingerprint density at radius 1 is 0.865 bits per heavy atom. The molecule has 5 aromatic rings. The number of ketones is 1. The lowest BCUT2D eigenvalue weighted by Crippen LogP contribution is -2.11. The van der Waals surface area contributed by atoms with Gasteiger partial charge < -0.3 is 20.7 Å². The molecule has 0 saturated heterocycles. The third-order valence-corrected chi connectivity index (χ3v) is 6.06. The van der Waals surface area contributed by atoms with Gasteiger partial charge in [-0.05, 0) is 61.0 Å². The normalized spacial score (nSPS) is 10.9. The largest absolute Gasteiger partial charge is 0.396 e. The van der Waals surface area contributed by atoms with Crippen molar-refractivity contribution in [2.45, 2.75) is 12.8 Å². The molecule has 8 heteroatoms. The summed E-state index contributed by atoms with van der Waals surface area (Å²) in [6.07, 6.45) is 2.19. The van der Waals surface area contributed by atoms with E-state index in [1.54, 1.807) is 54.7 Å². The number of rotatable bonds is 8. The molecule has 8 nitrogen and oxygen atoms in total. The summed E-state index contributed by atoms with van der Waals surface area (Å²) in [6.45, 7) is -0.0609. The van der Waals surface area contributed by atoms with Crippen molar-refractivity contribution < 1.29 is 14.7 Å². The lowest BCUT2D eigenvalue weighted by atomic mass is 10.0. The summed E-state index contributed by atoms with van der Waals surface area (Å²) >= 11 is 0. The van der Waals surface area contributed by atoms with Crippen LogP contribution < -0.4 is 16.2 Å². The van der Waals surface area contributed by atoms with Crippen LogP contribution in [0.1, 0.15) is 33.6 Å². The minimum Gasteiger partial charge on any atom is -0.396 e. The molecular formula is C29H24N4O4. The number of aromatic amines is 1. The predicted molar refractivity (Wildman–Crippen MR) is 145 cm³/mol. The Morgan fingerprint density at radius 3 is 2.38 bits per heavy atom. The molecular weight excluding hydrogens is 468 g/mol. The standard InChI is InChI=1S/C29H24N4O4/c34-16-4-7-25(35)19-8-13-22-23(17-19)26-24(14-15-30-27(26)33-29(22)37)31-20-9-11-21(12-10-20)32-28(36)18-5-2-1-3-6-18/h1-3,5-6,8-15,17,34H,4,7,16H2,(H,32,36)(H2,30,31,33,37). The highest BCUT2D eigenvalue weighted by atomic mass is 16.3. The van der Waals surface area contributed by atoms with Gasteiger partial charge >= 0.3 is 0 Å². The van der Waals surface area contributed by atoms with Gasteiger partial charge in [0.15, 0.2) is 5.78 Å². The topological polar surface area (TPSA) is 124 Å². The van der Waals surface area contributed by atoms with Crippen molar-refractivity contribution in [3.8, 4) is 0 Å². The number of benzene rings is 3. The van der Waals surface area contributed by atoms with E-state index in [0.29, 0.717) is 50.7 Å². The maximum atomic E-state index is 12.7. The van der Waals surface area contributed by atoms with E-state index in [0.717, 1.165) is 5.69 Å². The number of hydrogen-bond donors (Lipinski definition) is 4. The van der Waals surface area contributed by atoms with Gasteiger partial charge in [-0.2, -0.15) is 0 Å². The van der Waals surface area contributed by atoms with Crippen LogP contribution in [0.15, 0.2) is 89.9 Å². The molecule has 0 aliphatic carbocycles. The number of amides is 1. The van der Waals surface area contributed by atoms with Crippen LogP contribution in [-0.4, -0.2) is 33.4 Å². The molecule has 0 spiro atoms. The quantitative estimate of drug-likeness (QED) is 0.178. The number of fused-ring (bicyclic) bond motifs is 3. The van der Waals surface area contributed by atoms with Gasteiger partial charge in [-0.1, -0.05) is 24.3 Å². The number of hydrogen-bond acceptors (Lipinski definition) is 6. The molecule has 3 aromatic carbocycles. The third-order valence-electron chi connectivity index (χ3n) is 6.06. The van der Waals surface area contributed by atoms with E-state index in [2.05, 4.69) is 20.6 Å². The van der Waals surface area contributed by atoms with Crippen LogP contribution >= 0.6 is 0 Å². The maximum absolute atomic E-state index is 12.7. The van der Waals surface area contributed by atoms with Crippen LogP contribution in [-0.2, 0) is 0 Å². The first kappa shape index (κ1) is 23.9. The van der Waals surface area contributed by atoms with Crippen LogP contribution in [0, 0.1) is 0 Å². The Balaban J connectivity index is 1.47. The smallest absolute Gasteiger partial charge is 0.257 e. The van der Waals surface area contributed by atoms with Gasteiger partial charge in [-0.25, -0.2) is 4.98 Å². The minimum atomic E-state index is -0.292. The molecule has 0 unspecified atom stereocenters. The van der Waals surface area contributed by atoms with E-state index in [-0.39, 0.29) is 30.3 Å². The molecule has 1 amide bonds. The molecule has 0 atom stereocenters. The number of Topliss-reactive ketones (excluding diaryl/α,β-unsaturated/α-hetero) is 1. The Labute approximate surface area is 212 Å². The number of carbonyl (C=O) groups excluding carboxylic acids is 2. The predicted octanol–water partition coefficient (Wildman–Crippen LogP) is 5.03. The number of anilines is 3. The molecule has 0 aliphatic rings. The summed E-state index contributed by atoms with van der Waals surface area (Å²) in [7, 11) is 0. The van der Waals surface area contributed by atoms with E-state index in [4.69, 9.17) is 5.11 Å². The second kappa shape index (κ2) is 10.4. The zero-order valence-corrected chi connectivity index (χ0v) is 19.8. The second-order valence-corrected chi connectivity index (χ2v) is 8.57. The molecule has 4 N–H and O–H groups in total. The molecule has 184 valence electrons. The lowest BCUT2D eigenvalue weighted by Gasteiger charge is -2.13. The van der Waals surface area contributed by atoms with Crippen LogP contribution in [0.25, 0.3) is 21.8 Å². The summed E-state index contributed by atoms with van der Waals surface area (Å²) in [5.74, 6) is -0.294. The zero-order chi connectivity index (χ0) is 25.8. The number of carbonyl (C=O) groups is 2. The van der Waals surface area contributed by atoms with Crippen molar-refractivity contribution >= 4 is 50.6 Å². The first-order chi connectivity index (χ1) is 18.0. The van der Waals surface area contributed by atoms with Crippen LogP contribution in [0.4, 0.5) is 17.1 Å². The van der Waals surface area contributed by atoms with Gasteiger partial charge in [0.25, 0.3) is 11.5 Å². The van der Waals surface area contributed by atoms with Crippen molar-refractivity contribution in [2.24, 2.45) is 0 Å². The van der Waals surface area contributed by atoms with Gasteiger partial charge in [-0.3, -0.25) is 14.4 Å². The monoisotopic (exact) mass is 492 g/mol. The van der Waals surface area contributed by atoms with E-state index in [9.17, 15) is 14.4 Å². The van der Waals surface area contributed by atoms with Crippen molar-refractivity contribution in [2.75, 3.05) is 17.2 Å². The molecule has 37 heavy (non-hydrogen) atoms. The number of nitrogens with one attached hydrogen (secondary N) is 3. The fourth-order valence-electron chi connectivity index (χ4n) is 4.20. The Bertz CT molecular complexity index is 1660. The van der Waals surface area contributed by atoms with Crippen molar-refractivity contribution in [1.29, 1.82) is 0 Å². The Kier molecular flexibility index (Phi) is 6.74. The number of pyridine rings is 2. The van der Waals surface area contributed by atoms with Gasteiger partial charge in [0.2, 0.25) is 0 Å². The SMILES string of the molecule is O=C(CCCO)c1ccc2c(=O)[nH]c3nccc(Nc4ccc(NC(=O)c5ccccc5)cc4)c3c2c1. The molecule has 0 aliphatic heterocycles. The van der Waals surface area contributed by atoms with Gasteiger partial charge in [0.05, 0.1) is 5.69 Å². The molecule has 2 heterocycles. The molecule has 0 bridgehead atoms. The van der Waals surface area contributed by atoms with Gasteiger partial charge in [-0.15, -0.1) is 0 Å². The molecule has 0 saturated carbocycles. The highest BCUT2D eigenvalue weighted by Crippen LogP contribution is 2.31. The summed E-state index contributed by atoms with van der Waals surface area (Å²) in [4.78, 5) is 44.8. The zero-order valence-electron chi connectivity index (χ0n) is 19.8. The maximum Gasteiger partial charge on any atom is 0.257 e. The van der Waals surface area contributed by atoms with E-state index >= 15 is 0 Å². The highest BCUT2D eigenvalue weighted by Gasteiger charge is 2.14. The summed E-state index contributed by atoms with van der Waals surface area (Å²) in [6, 6.07) is 23.0. The average molecular weight is 493 g/mol. The number of nitrogens with zero attached hydrogens (tertiary/aromatic N) is 1. The number of H-pyrrole nitrogens is 1. The average Bonchev–Trinajstić information content (AvgIpc) is 2.93. The third kappa shape index (κ3) is 5.10. The first-order valence-corrected chi connectivity index (χ1v) is 11.9. The lowest BCUT2D eigenvalue weighted by molar-refractivity contribution is 0.0970. The van der Waals surface area contributed by atoms with Gasteiger partial charge in [0, 0.05) is 57.9 Å². The molecule has 5 rings (SSSR count). The highest BCUT2D eigenvalue weighted by molar-refractivity contribution is 6.13. The summed E-state index contributed by atoms with van der Waals surface area (Å²) in [5.41, 5.74) is 3.27. The Hall–Kier alpha value is -4.82. The minimum absolute atomic E-state index is 0.0609. The van der Waals surface area contributed by atoms with E-state index < -0.39 is 0 Å². The second-order valence-electron chi connectivity index (χ2n) is 8.57. The molecule has 0 radical (unpaired) electrons. The number of aliphatic hydroxyl groups excluding tert-OH is 1. The molecule has 2 aromatic heterocycles. The molecule has 0 fully saturated rings. The van der Waals surface area contributed by atoms with Gasteiger partial charge in [0.1, 0.15) is 5.65 Å². The van der Waals surface area contributed by atoms with E-state index in [1.807, 2.05) is 30.3 Å². The fraction of sp³-hybridized carbons (Fsp3) is 0.103. The van der Waals surface area contributed by atoms with Crippen molar-refractivity contribution in [3.63, 3.8) is 0 Å². The summed E-state index contributed by atoms with van der Waals surface area (Å²) in [5, 5.41) is 17.0. The van der Waals surface area contributed by atoms with E-state index in [1.165, 1.54) is 0 Å². The Morgan fingerprint density at radius 2 is 1.62 bits per heavy atom. The van der Waals surface area contributed by atoms with Crippen LogP contribution in [0.3, 0.4) is 0 Å². The number of aromatic nitrogens is 2. The number of aliphatic hydroxyl groups is 1. The van der Waals surface area contributed by atoms with Crippen LogP contribution in [0.5, 0.6) is 0 Å². The summed E-state index contributed by atoms with van der Waals surface area (Å²) < 4.78 is 0. The van der Waals surface area contributed by atoms with Crippen molar-refractivity contribution in [1.82, 2.24) is 9.97 Å². The fourth-order valence-corrected chi connectivity index (χ4v) is 4.20.